The zero-order valence-corrected chi connectivity index (χ0v) is 18.2. The van der Waals surface area contributed by atoms with Gasteiger partial charge in [0.2, 0.25) is 10.0 Å². The van der Waals surface area contributed by atoms with Crippen LogP contribution in [-0.2, 0) is 14.8 Å². The van der Waals surface area contributed by atoms with Crippen LogP contribution in [0, 0.1) is 0 Å². The molecule has 2 heterocycles. The first-order valence-electron chi connectivity index (χ1n) is 10.4. The topological polar surface area (TPSA) is 87.1 Å². The number of phenols is 2. The van der Waals surface area contributed by atoms with Crippen LogP contribution in [0.1, 0.15) is 17.5 Å². The van der Waals surface area contributed by atoms with Crippen LogP contribution in [-0.4, -0.2) is 43.1 Å². The summed E-state index contributed by atoms with van der Waals surface area (Å²) in [6, 6.07) is 22.6. The van der Waals surface area contributed by atoms with Crippen molar-refractivity contribution in [2.75, 3.05) is 11.4 Å². The number of fused-ring (bicyclic) bond motifs is 2. The van der Waals surface area contributed by atoms with E-state index in [0.29, 0.717) is 12.1 Å². The third-order valence-corrected chi connectivity index (χ3v) is 8.41. The Morgan fingerprint density at radius 1 is 0.812 bits per heavy atom. The molecule has 3 aromatic rings. The maximum Gasteiger partial charge on any atom is 0.240 e. The quantitative estimate of drug-likeness (QED) is 0.615. The Bertz CT molecular complexity index is 1270. The van der Waals surface area contributed by atoms with Crippen LogP contribution in [0.5, 0.6) is 11.5 Å². The number of anilines is 1. The molecule has 0 radical (unpaired) electrons. The zero-order valence-electron chi connectivity index (χ0n) is 17.4. The highest BCUT2D eigenvalue weighted by Gasteiger charge is 2.53. The van der Waals surface area contributed by atoms with E-state index in [1.54, 1.807) is 55.6 Å². The van der Waals surface area contributed by atoms with Crippen LogP contribution in [0.4, 0.5) is 5.69 Å². The van der Waals surface area contributed by atoms with Gasteiger partial charge >= 0.3 is 0 Å². The van der Waals surface area contributed by atoms with E-state index < -0.39 is 21.4 Å². The Morgan fingerprint density at radius 3 is 1.91 bits per heavy atom. The number of hydrogen-bond acceptors (Lipinski definition) is 5. The van der Waals surface area contributed by atoms with E-state index in [2.05, 4.69) is 0 Å². The highest BCUT2D eigenvalue weighted by Crippen LogP contribution is 2.51. The van der Waals surface area contributed by atoms with Gasteiger partial charge in [0.25, 0.3) is 0 Å². The van der Waals surface area contributed by atoms with Crippen molar-refractivity contribution in [3.63, 3.8) is 0 Å². The van der Waals surface area contributed by atoms with Gasteiger partial charge in [-0.25, -0.2) is 8.42 Å². The lowest BCUT2D eigenvalue weighted by Gasteiger charge is -2.29. The molecule has 32 heavy (non-hydrogen) atoms. The Kier molecular flexibility index (Phi) is 4.95. The molecule has 2 N–H and O–H groups in total. The Balaban J connectivity index is 1.60. The van der Waals surface area contributed by atoms with E-state index in [4.69, 9.17) is 4.74 Å². The van der Waals surface area contributed by atoms with Gasteiger partial charge in [-0.2, -0.15) is 0 Å². The van der Waals surface area contributed by atoms with Crippen molar-refractivity contribution >= 4 is 26.9 Å². The maximum atomic E-state index is 13.6. The molecule has 0 aliphatic carbocycles. The molecule has 0 saturated carbocycles. The molecule has 5 rings (SSSR count). The van der Waals surface area contributed by atoms with Crippen LogP contribution in [0.3, 0.4) is 0 Å². The van der Waals surface area contributed by atoms with Crippen LogP contribution in [0.15, 0.2) is 78.9 Å². The van der Waals surface area contributed by atoms with E-state index in [9.17, 15) is 18.6 Å². The number of nitrogens with zero attached hydrogens (tertiary/aromatic N) is 1. The molecule has 1 saturated heterocycles. The van der Waals surface area contributed by atoms with Crippen molar-refractivity contribution in [3.8, 4) is 11.5 Å². The lowest BCUT2D eigenvalue weighted by atomic mass is 9.83. The summed E-state index contributed by atoms with van der Waals surface area (Å²) < 4.78 is 34.8. The Morgan fingerprint density at radius 2 is 1.34 bits per heavy atom. The fourth-order valence-corrected chi connectivity index (χ4v) is 6.38. The summed E-state index contributed by atoms with van der Waals surface area (Å²) in [7, 11) is -2.13. The van der Waals surface area contributed by atoms with Crippen LogP contribution < -0.4 is 4.31 Å². The second-order valence-electron chi connectivity index (χ2n) is 8.09. The van der Waals surface area contributed by atoms with Gasteiger partial charge in [-0.1, -0.05) is 42.5 Å². The third kappa shape index (κ3) is 3.34. The molecular formula is C25H23NO5S. The normalized spacial score (nSPS) is 22.3. The standard InChI is InChI=1S/C25H23NO5S/c1-26(18-5-3-2-4-6-18)32(29,30)22-15-21-23(16-7-11-19(27)12-8-16)24(25(22)31-21)17-9-13-20(28)14-10-17/h2-14,21-22,25,27-28H,15H2,1H3/t21-,22+,25+/m1/s1. The minimum absolute atomic E-state index is 0.137. The van der Waals surface area contributed by atoms with Crippen molar-refractivity contribution in [2.24, 2.45) is 0 Å². The van der Waals surface area contributed by atoms with Crippen LogP contribution in [0.2, 0.25) is 0 Å². The maximum absolute atomic E-state index is 13.6. The SMILES string of the molecule is CN(c1ccccc1)S(=O)(=O)[C@H]1C[C@H]2O[C@@H]1C(c1ccc(O)cc1)=C2c1ccc(O)cc1. The molecule has 3 atom stereocenters. The lowest BCUT2D eigenvalue weighted by Crippen LogP contribution is -2.42. The number of benzene rings is 3. The molecule has 0 amide bonds. The molecule has 164 valence electrons. The smallest absolute Gasteiger partial charge is 0.240 e. The van der Waals surface area contributed by atoms with Crippen LogP contribution in [0.25, 0.3) is 11.1 Å². The van der Waals surface area contributed by atoms with Gasteiger partial charge in [-0.15, -0.1) is 0 Å². The van der Waals surface area contributed by atoms with Gasteiger partial charge < -0.3 is 14.9 Å². The van der Waals surface area contributed by atoms with Gasteiger partial charge in [0.15, 0.2) is 0 Å². The number of sulfonamides is 1. The van der Waals surface area contributed by atoms with Crippen molar-refractivity contribution in [1.29, 1.82) is 0 Å². The predicted octanol–water partition coefficient (Wildman–Crippen LogP) is 4.01. The Hall–Kier alpha value is -3.29. The third-order valence-electron chi connectivity index (χ3n) is 6.23. The first kappa shape index (κ1) is 20.6. The summed E-state index contributed by atoms with van der Waals surface area (Å²) in [5, 5.41) is 18.7. The number of rotatable bonds is 5. The van der Waals surface area contributed by atoms with Gasteiger partial charge in [-0.05, 0) is 65.1 Å². The van der Waals surface area contributed by atoms with Crippen molar-refractivity contribution < 1.29 is 23.4 Å². The first-order chi connectivity index (χ1) is 15.4. The zero-order chi connectivity index (χ0) is 22.5. The summed E-state index contributed by atoms with van der Waals surface area (Å²) in [5.74, 6) is 0.298. The number of ether oxygens (including phenoxy) is 1. The summed E-state index contributed by atoms with van der Waals surface area (Å²) in [6.45, 7) is 0. The van der Waals surface area contributed by atoms with Gasteiger partial charge in [-0.3, -0.25) is 4.31 Å². The van der Waals surface area contributed by atoms with Crippen molar-refractivity contribution in [1.82, 2.24) is 0 Å². The molecule has 7 heteroatoms. The minimum atomic E-state index is -3.70. The monoisotopic (exact) mass is 449 g/mol. The Labute approximate surface area is 187 Å². The molecule has 0 aromatic heterocycles. The fraction of sp³-hybridized carbons (Fsp3) is 0.200. The molecule has 0 spiro atoms. The summed E-state index contributed by atoms with van der Waals surface area (Å²) in [6.07, 6.45) is -0.663. The summed E-state index contributed by atoms with van der Waals surface area (Å²) >= 11 is 0. The molecule has 3 aromatic carbocycles. The summed E-state index contributed by atoms with van der Waals surface area (Å²) in [5.41, 5.74) is 4.02. The average molecular weight is 450 g/mol. The number of hydrogen-bond donors (Lipinski definition) is 2. The van der Waals surface area contributed by atoms with E-state index >= 15 is 0 Å². The molecule has 2 bridgehead atoms. The number of phenolic OH excluding ortho intramolecular Hbond substituents is 2. The first-order valence-corrected chi connectivity index (χ1v) is 11.9. The minimum Gasteiger partial charge on any atom is -0.508 e. The molecule has 0 unspecified atom stereocenters. The largest absolute Gasteiger partial charge is 0.508 e. The molecule has 1 fully saturated rings. The lowest BCUT2D eigenvalue weighted by molar-refractivity contribution is 0.128. The number of para-hydroxylation sites is 1. The second kappa shape index (κ2) is 7.69. The molecule has 2 aliphatic rings. The molecule has 6 nitrogen and oxygen atoms in total. The number of aromatic hydroxyl groups is 2. The summed E-state index contributed by atoms with van der Waals surface area (Å²) in [4.78, 5) is 0. The van der Waals surface area contributed by atoms with E-state index in [-0.39, 0.29) is 17.6 Å². The average Bonchev–Trinajstić information content (AvgIpc) is 3.40. The molecule has 2 aliphatic heterocycles. The van der Waals surface area contributed by atoms with E-state index in [1.807, 2.05) is 30.3 Å². The van der Waals surface area contributed by atoms with Gasteiger partial charge in [0.05, 0.1) is 11.8 Å². The van der Waals surface area contributed by atoms with E-state index in [0.717, 1.165) is 22.3 Å². The van der Waals surface area contributed by atoms with Crippen molar-refractivity contribution in [3.05, 3.63) is 90.0 Å². The fourth-order valence-electron chi connectivity index (χ4n) is 4.63. The van der Waals surface area contributed by atoms with E-state index in [1.165, 1.54) is 4.31 Å². The second-order valence-corrected chi connectivity index (χ2v) is 10.3. The highest BCUT2D eigenvalue weighted by atomic mass is 32.2. The molecular weight excluding hydrogens is 426 g/mol. The highest BCUT2D eigenvalue weighted by molar-refractivity contribution is 7.93. The van der Waals surface area contributed by atoms with Crippen molar-refractivity contribution in [2.45, 2.75) is 23.9 Å². The van der Waals surface area contributed by atoms with Gasteiger partial charge in [0.1, 0.15) is 22.9 Å². The predicted molar refractivity (Wildman–Crippen MR) is 124 cm³/mol. The van der Waals surface area contributed by atoms with Gasteiger partial charge in [0, 0.05) is 7.05 Å². The van der Waals surface area contributed by atoms with Crippen LogP contribution >= 0.6 is 0 Å².